The van der Waals surface area contributed by atoms with Gasteiger partial charge in [0.15, 0.2) is 5.79 Å². The van der Waals surface area contributed by atoms with Crippen molar-refractivity contribution in [1.82, 2.24) is 0 Å². The molecule has 1 spiro atoms. The van der Waals surface area contributed by atoms with Gasteiger partial charge >= 0.3 is 0 Å². The van der Waals surface area contributed by atoms with E-state index in [4.69, 9.17) is 9.47 Å². The molecule has 0 bridgehead atoms. The van der Waals surface area contributed by atoms with Crippen LogP contribution >= 0.6 is 0 Å². The molecule has 2 heteroatoms. The van der Waals surface area contributed by atoms with Gasteiger partial charge in [0, 0.05) is 12.8 Å². The molecule has 2 fully saturated rings. The molecular formula is C9H16O2. The smallest absolute Gasteiger partial charge is 0.171 e. The van der Waals surface area contributed by atoms with Crippen molar-refractivity contribution in [3.8, 4) is 0 Å². The Morgan fingerprint density at radius 2 is 2.18 bits per heavy atom. The second-order valence-corrected chi connectivity index (χ2v) is 3.97. The Balaban J connectivity index is 1.86. The summed E-state index contributed by atoms with van der Waals surface area (Å²) in [6.07, 6.45) is 3.85. The third kappa shape index (κ3) is 1.18. The SMILES string of the molecule is CC(C)C1CC2(CCCO2)O1. The Bertz CT molecular complexity index is 140. The molecule has 0 aromatic heterocycles. The van der Waals surface area contributed by atoms with E-state index >= 15 is 0 Å². The maximum Gasteiger partial charge on any atom is 0.171 e. The minimum absolute atomic E-state index is 0.130. The molecule has 0 aromatic carbocycles. The van der Waals surface area contributed by atoms with Crippen LogP contribution in [0.1, 0.15) is 33.1 Å². The molecule has 2 rings (SSSR count). The van der Waals surface area contributed by atoms with Crippen LogP contribution in [0.3, 0.4) is 0 Å². The average Bonchev–Trinajstić information content (AvgIpc) is 2.29. The van der Waals surface area contributed by atoms with Gasteiger partial charge in [0.1, 0.15) is 0 Å². The summed E-state index contributed by atoms with van der Waals surface area (Å²) >= 11 is 0. The summed E-state index contributed by atoms with van der Waals surface area (Å²) in [7, 11) is 0. The van der Waals surface area contributed by atoms with Crippen molar-refractivity contribution in [3.05, 3.63) is 0 Å². The Hall–Kier alpha value is -0.0800. The first kappa shape index (κ1) is 7.56. The molecule has 11 heavy (non-hydrogen) atoms. The summed E-state index contributed by atoms with van der Waals surface area (Å²) < 4.78 is 11.3. The second-order valence-electron chi connectivity index (χ2n) is 3.97. The lowest BCUT2D eigenvalue weighted by Crippen LogP contribution is -2.52. The van der Waals surface area contributed by atoms with Crippen molar-refractivity contribution in [1.29, 1.82) is 0 Å². The summed E-state index contributed by atoms with van der Waals surface area (Å²) in [6, 6.07) is 0. The fourth-order valence-electron chi connectivity index (χ4n) is 1.87. The van der Waals surface area contributed by atoms with Gasteiger partial charge < -0.3 is 9.47 Å². The monoisotopic (exact) mass is 156 g/mol. The lowest BCUT2D eigenvalue weighted by atomic mass is 9.91. The van der Waals surface area contributed by atoms with Crippen molar-refractivity contribution in [3.63, 3.8) is 0 Å². The predicted octanol–water partition coefficient (Wildman–Crippen LogP) is 1.94. The van der Waals surface area contributed by atoms with Gasteiger partial charge in [-0.05, 0) is 12.3 Å². The van der Waals surface area contributed by atoms with Crippen molar-refractivity contribution in [2.24, 2.45) is 5.92 Å². The topological polar surface area (TPSA) is 18.5 Å². The molecule has 0 N–H and O–H groups in total. The molecule has 0 aromatic rings. The van der Waals surface area contributed by atoms with E-state index in [1.807, 2.05) is 0 Å². The summed E-state index contributed by atoms with van der Waals surface area (Å²) in [4.78, 5) is 0. The highest BCUT2D eigenvalue weighted by Gasteiger charge is 2.49. The fraction of sp³-hybridized carbons (Fsp3) is 1.00. The van der Waals surface area contributed by atoms with E-state index < -0.39 is 0 Å². The molecular weight excluding hydrogens is 140 g/mol. The zero-order chi connectivity index (χ0) is 7.90. The minimum atomic E-state index is -0.130. The molecule has 2 unspecified atom stereocenters. The summed E-state index contributed by atoms with van der Waals surface area (Å²) in [5.74, 6) is 0.513. The predicted molar refractivity (Wildman–Crippen MR) is 42.2 cm³/mol. The second kappa shape index (κ2) is 2.46. The van der Waals surface area contributed by atoms with E-state index in [2.05, 4.69) is 13.8 Å². The average molecular weight is 156 g/mol. The zero-order valence-electron chi connectivity index (χ0n) is 7.30. The lowest BCUT2D eigenvalue weighted by Gasteiger charge is -2.46. The summed E-state index contributed by atoms with van der Waals surface area (Å²) in [6.45, 7) is 5.30. The summed E-state index contributed by atoms with van der Waals surface area (Å²) in [5.41, 5.74) is 0. The van der Waals surface area contributed by atoms with Crippen molar-refractivity contribution in [2.45, 2.75) is 45.0 Å². The van der Waals surface area contributed by atoms with Crippen LogP contribution in [0.25, 0.3) is 0 Å². The van der Waals surface area contributed by atoms with Crippen molar-refractivity contribution < 1.29 is 9.47 Å². The van der Waals surface area contributed by atoms with Gasteiger partial charge in [0.25, 0.3) is 0 Å². The number of hydrogen-bond acceptors (Lipinski definition) is 2. The molecule has 2 saturated heterocycles. The first-order chi connectivity index (χ1) is 5.22. The van der Waals surface area contributed by atoms with Gasteiger partial charge in [-0.15, -0.1) is 0 Å². The zero-order valence-corrected chi connectivity index (χ0v) is 7.30. The standard InChI is InChI=1S/C9H16O2/c1-7(2)8-6-9(11-8)4-3-5-10-9/h7-8H,3-6H2,1-2H3. The van der Waals surface area contributed by atoms with E-state index in [-0.39, 0.29) is 5.79 Å². The highest BCUT2D eigenvalue weighted by atomic mass is 16.7. The minimum Gasteiger partial charge on any atom is -0.350 e. The molecule has 2 atom stereocenters. The molecule has 64 valence electrons. The largest absolute Gasteiger partial charge is 0.350 e. The van der Waals surface area contributed by atoms with Gasteiger partial charge in [0.2, 0.25) is 0 Å². The van der Waals surface area contributed by atoms with E-state index in [0.717, 1.165) is 19.4 Å². The van der Waals surface area contributed by atoms with Crippen LogP contribution in [0.2, 0.25) is 0 Å². The Kier molecular flexibility index (Phi) is 1.69. The van der Waals surface area contributed by atoms with E-state index in [1.54, 1.807) is 0 Å². The van der Waals surface area contributed by atoms with Gasteiger partial charge in [-0.1, -0.05) is 13.8 Å². The third-order valence-electron chi connectivity index (χ3n) is 2.69. The van der Waals surface area contributed by atoms with E-state index in [0.29, 0.717) is 12.0 Å². The molecule has 2 aliphatic rings. The van der Waals surface area contributed by atoms with Crippen LogP contribution in [-0.2, 0) is 9.47 Å². The first-order valence-electron chi connectivity index (χ1n) is 4.54. The van der Waals surface area contributed by atoms with Gasteiger partial charge in [-0.3, -0.25) is 0 Å². The van der Waals surface area contributed by atoms with Crippen molar-refractivity contribution >= 4 is 0 Å². The molecule has 0 amide bonds. The van der Waals surface area contributed by atoms with Crippen LogP contribution in [-0.4, -0.2) is 18.5 Å². The molecule has 2 aliphatic heterocycles. The summed E-state index contributed by atoms with van der Waals surface area (Å²) in [5, 5.41) is 0. The van der Waals surface area contributed by atoms with Crippen LogP contribution in [0.15, 0.2) is 0 Å². The Morgan fingerprint density at radius 1 is 1.45 bits per heavy atom. The van der Waals surface area contributed by atoms with Crippen LogP contribution in [0, 0.1) is 5.92 Å². The Morgan fingerprint density at radius 3 is 2.64 bits per heavy atom. The first-order valence-corrected chi connectivity index (χ1v) is 4.54. The highest BCUT2D eigenvalue weighted by Crippen LogP contribution is 2.43. The Labute approximate surface area is 67.9 Å². The third-order valence-corrected chi connectivity index (χ3v) is 2.69. The quantitative estimate of drug-likeness (QED) is 0.577. The van der Waals surface area contributed by atoms with Crippen LogP contribution in [0.4, 0.5) is 0 Å². The number of rotatable bonds is 1. The normalized spacial score (nSPS) is 43.4. The molecule has 2 nitrogen and oxygen atoms in total. The van der Waals surface area contributed by atoms with Crippen LogP contribution in [0.5, 0.6) is 0 Å². The van der Waals surface area contributed by atoms with Gasteiger partial charge in [-0.25, -0.2) is 0 Å². The fourth-order valence-corrected chi connectivity index (χ4v) is 1.87. The van der Waals surface area contributed by atoms with E-state index in [1.165, 1.54) is 6.42 Å². The molecule has 0 radical (unpaired) electrons. The lowest BCUT2D eigenvalue weighted by molar-refractivity contribution is -0.331. The molecule has 0 saturated carbocycles. The number of ether oxygens (including phenoxy) is 2. The molecule has 0 aliphatic carbocycles. The number of hydrogen-bond donors (Lipinski definition) is 0. The van der Waals surface area contributed by atoms with Gasteiger partial charge in [0.05, 0.1) is 12.7 Å². The highest BCUT2D eigenvalue weighted by molar-refractivity contribution is 4.90. The maximum atomic E-state index is 5.73. The maximum absolute atomic E-state index is 5.73. The van der Waals surface area contributed by atoms with Crippen molar-refractivity contribution in [2.75, 3.05) is 6.61 Å². The van der Waals surface area contributed by atoms with Gasteiger partial charge in [-0.2, -0.15) is 0 Å². The molecule has 2 heterocycles. The van der Waals surface area contributed by atoms with Crippen LogP contribution < -0.4 is 0 Å². The van der Waals surface area contributed by atoms with E-state index in [9.17, 15) is 0 Å².